The largest absolute Gasteiger partial charge is 0.399 e. The number of sulfonamides is 1. The molecular weight excluding hydrogens is 380 g/mol. The van der Waals surface area contributed by atoms with Crippen LogP contribution in [0.25, 0.3) is 11.0 Å². The van der Waals surface area contributed by atoms with Crippen LogP contribution in [0.1, 0.15) is 30.0 Å². The van der Waals surface area contributed by atoms with Gasteiger partial charge in [0.25, 0.3) is 0 Å². The number of nitrogens with two attached hydrogens (primary N) is 1. The van der Waals surface area contributed by atoms with E-state index in [9.17, 15) is 8.42 Å². The Hall–Kier alpha value is -1.74. The smallest absolute Gasteiger partial charge is 0.243 e. The number of aromatic nitrogens is 2. The molecule has 3 aromatic rings. The Morgan fingerprint density at radius 3 is 2.88 bits per heavy atom. The summed E-state index contributed by atoms with van der Waals surface area (Å²) in [5, 5.41) is 0. The van der Waals surface area contributed by atoms with Gasteiger partial charge in [-0.1, -0.05) is 12.1 Å². The number of halogens is 1. The Balaban J connectivity index is 0.00000182. The molecule has 2 aromatic carbocycles. The number of nitrogen functional groups attached to an aromatic ring is 1. The normalized spacial score (nSPS) is 17.0. The highest BCUT2D eigenvalue weighted by atomic mass is 35.5. The minimum atomic E-state index is -3.69. The number of rotatable bonds is 3. The Labute approximate surface area is 156 Å². The van der Waals surface area contributed by atoms with Gasteiger partial charge in [-0.3, -0.25) is 0 Å². The Kier molecular flexibility index (Phi) is 4.97. The highest BCUT2D eigenvalue weighted by Crippen LogP contribution is 2.32. The van der Waals surface area contributed by atoms with Crippen LogP contribution in [0.15, 0.2) is 41.3 Å². The van der Waals surface area contributed by atoms with E-state index in [4.69, 9.17) is 5.73 Å². The van der Waals surface area contributed by atoms with Crippen molar-refractivity contribution in [3.63, 3.8) is 0 Å². The maximum atomic E-state index is 12.9. The van der Waals surface area contributed by atoms with Crippen molar-refractivity contribution in [3.05, 3.63) is 47.5 Å². The maximum absolute atomic E-state index is 12.9. The average molecular weight is 397 g/mol. The zero-order valence-electron chi connectivity index (χ0n) is 13.2. The number of hydrogen-bond donors (Lipinski definition) is 2. The lowest BCUT2D eigenvalue weighted by Crippen LogP contribution is -2.31. The van der Waals surface area contributed by atoms with E-state index < -0.39 is 10.0 Å². The number of nitrogens with zero attached hydrogens (tertiary/aromatic N) is 2. The van der Waals surface area contributed by atoms with Crippen molar-refractivity contribution in [1.29, 1.82) is 0 Å². The molecule has 0 saturated heterocycles. The fourth-order valence-corrected chi connectivity index (χ4v) is 5.22. The summed E-state index contributed by atoms with van der Waals surface area (Å²) in [6.45, 7) is 0. The summed E-state index contributed by atoms with van der Waals surface area (Å²) in [6.07, 6.45) is 2.61. The SMILES string of the molecule is Cl.Nc1ccc2c(c1)CCCC2NS(=O)(=O)c1cccc2nsnc12. The summed E-state index contributed by atoms with van der Waals surface area (Å²) >= 11 is 1.01. The second-order valence-corrected chi connectivity index (χ2v) is 8.12. The summed E-state index contributed by atoms with van der Waals surface area (Å²) in [7, 11) is -3.69. The zero-order valence-corrected chi connectivity index (χ0v) is 15.6. The predicted molar refractivity (Wildman–Crippen MR) is 102 cm³/mol. The third kappa shape index (κ3) is 3.35. The van der Waals surface area contributed by atoms with E-state index >= 15 is 0 Å². The van der Waals surface area contributed by atoms with E-state index in [1.54, 1.807) is 18.2 Å². The van der Waals surface area contributed by atoms with Crippen LogP contribution < -0.4 is 10.5 Å². The number of nitrogens with one attached hydrogen (secondary N) is 1. The molecule has 1 unspecified atom stereocenters. The molecule has 4 rings (SSSR count). The minimum Gasteiger partial charge on any atom is -0.399 e. The maximum Gasteiger partial charge on any atom is 0.243 e. The molecule has 9 heteroatoms. The van der Waals surface area contributed by atoms with E-state index in [-0.39, 0.29) is 23.3 Å². The number of aryl methyl sites for hydroxylation is 1. The van der Waals surface area contributed by atoms with Gasteiger partial charge in [0, 0.05) is 11.7 Å². The van der Waals surface area contributed by atoms with Gasteiger partial charge in [-0.05, 0) is 54.7 Å². The summed E-state index contributed by atoms with van der Waals surface area (Å²) in [5.74, 6) is 0. The molecule has 25 heavy (non-hydrogen) atoms. The quantitative estimate of drug-likeness (QED) is 0.663. The van der Waals surface area contributed by atoms with Crippen LogP contribution in [0.5, 0.6) is 0 Å². The summed E-state index contributed by atoms with van der Waals surface area (Å²) in [4.78, 5) is 0.177. The number of hydrogen-bond acceptors (Lipinski definition) is 6. The number of benzene rings is 2. The van der Waals surface area contributed by atoms with Gasteiger partial charge >= 0.3 is 0 Å². The molecule has 0 spiro atoms. The van der Waals surface area contributed by atoms with Crippen molar-refractivity contribution < 1.29 is 8.42 Å². The predicted octanol–water partition coefficient (Wildman–Crippen LogP) is 3.05. The first-order chi connectivity index (χ1) is 11.5. The topological polar surface area (TPSA) is 98.0 Å². The van der Waals surface area contributed by atoms with E-state index in [0.717, 1.165) is 42.1 Å². The van der Waals surface area contributed by atoms with Crippen LogP contribution >= 0.6 is 24.1 Å². The van der Waals surface area contributed by atoms with Crippen LogP contribution in [-0.4, -0.2) is 17.2 Å². The molecule has 0 bridgehead atoms. The van der Waals surface area contributed by atoms with E-state index in [1.165, 1.54) is 0 Å². The molecule has 0 fully saturated rings. The average Bonchev–Trinajstić information content (AvgIpc) is 3.02. The summed E-state index contributed by atoms with van der Waals surface area (Å²) < 4.78 is 36.9. The monoisotopic (exact) mass is 396 g/mol. The van der Waals surface area contributed by atoms with Crippen molar-refractivity contribution in [2.45, 2.75) is 30.2 Å². The van der Waals surface area contributed by atoms with Gasteiger partial charge in [0.1, 0.15) is 15.9 Å². The lowest BCUT2D eigenvalue weighted by Gasteiger charge is -2.26. The van der Waals surface area contributed by atoms with Gasteiger partial charge in [-0.15, -0.1) is 12.4 Å². The van der Waals surface area contributed by atoms with Gasteiger partial charge < -0.3 is 5.73 Å². The summed E-state index contributed by atoms with van der Waals surface area (Å²) in [5.41, 5.74) is 9.68. The minimum absolute atomic E-state index is 0. The van der Waals surface area contributed by atoms with Gasteiger partial charge in [0.15, 0.2) is 0 Å². The highest BCUT2D eigenvalue weighted by molar-refractivity contribution is 7.89. The second kappa shape index (κ2) is 6.87. The molecule has 132 valence electrons. The molecule has 0 amide bonds. The Bertz CT molecular complexity index is 1020. The van der Waals surface area contributed by atoms with E-state index in [0.29, 0.717) is 16.7 Å². The number of anilines is 1. The molecule has 1 aliphatic rings. The first-order valence-electron chi connectivity index (χ1n) is 7.66. The fourth-order valence-electron chi connectivity index (χ4n) is 3.21. The molecular formula is C16H17ClN4O2S2. The second-order valence-electron chi connectivity index (χ2n) is 5.91. The zero-order chi connectivity index (χ0) is 16.7. The molecule has 0 aliphatic heterocycles. The van der Waals surface area contributed by atoms with Crippen molar-refractivity contribution in [2.24, 2.45) is 0 Å². The Morgan fingerprint density at radius 1 is 1.20 bits per heavy atom. The lowest BCUT2D eigenvalue weighted by atomic mass is 9.88. The van der Waals surface area contributed by atoms with Gasteiger partial charge in [-0.2, -0.15) is 8.75 Å². The van der Waals surface area contributed by atoms with Gasteiger partial charge in [0.2, 0.25) is 10.0 Å². The molecule has 3 N–H and O–H groups in total. The van der Waals surface area contributed by atoms with Crippen LogP contribution in [0.2, 0.25) is 0 Å². The van der Waals surface area contributed by atoms with Crippen LogP contribution in [0.4, 0.5) is 5.69 Å². The molecule has 6 nitrogen and oxygen atoms in total. The molecule has 0 saturated carbocycles. The third-order valence-electron chi connectivity index (χ3n) is 4.32. The molecule has 1 aliphatic carbocycles. The molecule has 1 aromatic heterocycles. The standard InChI is InChI=1S/C16H16N4O2S2.ClH/c17-11-7-8-12-10(9-11)3-1-4-13(12)20-24(21,22)15-6-2-5-14-16(15)19-23-18-14;/h2,5-9,13,20H,1,3-4,17H2;1H. The first kappa shape index (κ1) is 18.1. The Morgan fingerprint density at radius 2 is 2.04 bits per heavy atom. The summed E-state index contributed by atoms with van der Waals surface area (Å²) in [6, 6.07) is 10.4. The van der Waals surface area contributed by atoms with Crippen LogP contribution in [0, 0.1) is 0 Å². The molecule has 0 radical (unpaired) electrons. The third-order valence-corrected chi connectivity index (χ3v) is 6.36. The van der Waals surface area contributed by atoms with E-state index in [2.05, 4.69) is 13.5 Å². The van der Waals surface area contributed by atoms with Crippen molar-refractivity contribution >= 4 is 50.9 Å². The van der Waals surface area contributed by atoms with Crippen LogP contribution in [-0.2, 0) is 16.4 Å². The fraction of sp³-hybridized carbons (Fsp3) is 0.250. The molecule has 1 heterocycles. The van der Waals surface area contributed by atoms with Gasteiger partial charge in [0.05, 0.1) is 11.7 Å². The number of fused-ring (bicyclic) bond motifs is 2. The van der Waals surface area contributed by atoms with Crippen molar-refractivity contribution in [1.82, 2.24) is 13.5 Å². The van der Waals surface area contributed by atoms with Crippen molar-refractivity contribution in [3.8, 4) is 0 Å². The highest BCUT2D eigenvalue weighted by Gasteiger charge is 2.27. The van der Waals surface area contributed by atoms with Crippen molar-refractivity contribution in [2.75, 3.05) is 5.73 Å². The van der Waals surface area contributed by atoms with Crippen LogP contribution in [0.3, 0.4) is 0 Å². The molecule has 1 atom stereocenters. The lowest BCUT2D eigenvalue weighted by molar-refractivity contribution is 0.508. The van der Waals surface area contributed by atoms with E-state index in [1.807, 2.05) is 18.2 Å². The first-order valence-corrected chi connectivity index (χ1v) is 9.88. The van der Waals surface area contributed by atoms with Gasteiger partial charge in [-0.25, -0.2) is 13.1 Å².